The molecule has 0 spiro atoms. The quantitative estimate of drug-likeness (QED) is 0.0898. The van der Waals surface area contributed by atoms with Gasteiger partial charge in [0.25, 0.3) is 0 Å². The number of carbonyl (C=O) groups is 3. The van der Waals surface area contributed by atoms with Gasteiger partial charge in [0.2, 0.25) is 5.91 Å². The maximum Gasteiger partial charge on any atom is 0.307 e. The number of carbonyl (C=O) groups excluding carboxylic acids is 2. The minimum atomic E-state index is -1.04. The number of nitrogens with one attached hydrogen (secondary N) is 1. The minimum Gasteiger partial charge on any atom is -0.481 e. The van der Waals surface area contributed by atoms with Crippen molar-refractivity contribution in [2.45, 2.75) is 143 Å². The van der Waals surface area contributed by atoms with E-state index in [2.05, 4.69) is 19.2 Å². The molecule has 0 aliphatic carbocycles. The first-order valence-corrected chi connectivity index (χ1v) is 16.6. The predicted octanol–water partition coefficient (Wildman–Crippen LogP) is 9.36. The van der Waals surface area contributed by atoms with E-state index in [0.29, 0.717) is 18.5 Å². The van der Waals surface area contributed by atoms with Crippen LogP contribution in [0.1, 0.15) is 142 Å². The zero-order valence-corrected chi connectivity index (χ0v) is 26.6. The lowest BCUT2D eigenvalue weighted by atomic mass is 9.80. The molecule has 2 N–H and O–H groups in total. The number of rotatable bonds is 25. The summed E-state index contributed by atoms with van der Waals surface area (Å²) < 4.78 is 5.49. The monoisotopic (exact) mass is 573 g/mol. The summed E-state index contributed by atoms with van der Waals surface area (Å²) in [5, 5.41) is 12.8. The van der Waals surface area contributed by atoms with Gasteiger partial charge in [-0.3, -0.25) is 14.4 Å². The lowest BCUT2D eigenvalue weighted by Gasteiger charge is -2.27. The first-order chi connectivity index (χ1) is 19.8. The van der Waals surface area contributed by atoms with Crippen LogP contribution < -0.4 is 5.32 Å². The Morgan fingerprint density at radius 2 is 1.27 bits per heavy atom. The van der Waals surface area contributed by atoms with Gasteiger partial charge in [-0.2, -0.15) is 0 Å². The fraction of sp³-hybridized carbons (Fsp3) is 0.743. The number of aliphatic carboxylic acids is 1. The summed E-state index contributed by atoms with van der Waals surface area (Å²) in [7, 11) is 0. The normalized spacial score (nSPS) is 13.4. The molecule has 41 heavy (non-hydrogen) atoms. The number of esters is 1. The Hall–Kier alpha value is -2.37. The second kappa shape index (κ2) is 23.2. The van der Waals surface area contributed by atoms with Crippen molar-refractivity contribution in [2.75, 3.05) is 11.9 Å². The number of ether oxygens (including phenoxy) is 1. The van der Waals surface area contributed by atoms with E-state index < -0.39 is 23.7 Å². The van der Waals surface area contributed by atoms with Crippen LogP contribution >= 0.6 is 0 Å². The summed E-state index contributed by atoms with van der Waals surface area (Å²) in [4.78, 5) is 37.5. The van der Waals surface area contributed by atoms with Crippen LogP contribution in [0.2, 0.25) is 0 Å². The molecule has 3 unspecified atom stereocenters. The molecular formula is C35H59NO5. The fourth-order valence-corrected chi connectivity index (χ4v) is 5.41. The van der Waals surface area contributed by atoms with Gasteiger partial charge in [-0.15, -0.1) is 0 Å². The average Bonchev–Trinajstić information content (AvgIpc) is 2.96. The zero-order chi connectivity index (χ0) is 30.3. The zero-order valence-electron chi connectivity index (χ0n) is 26.6. The highest BCUT2D eigenvalue weighted by molar-refractivity contribution is 5.95. The third kappa shape index (κ3) is 16.6. The van der Waals surface area contributed by atoms with Gasteiger partial charge in [0, 0.05) is 23.9 Å². The molecule has 6 nitrogen and oxygen atoms in total. The fourth-order valence-electron chi connectivity index (χ4n) is 5.41. The Bertz CT molecular complexity index is 837. The van der Waals surface area contributed by atoms with Crippen molar-refractivity contribution < 1.29 is 24.2 Å². The Labute approximate surface area is 250 Å². The summed E-state index contributed by atoms with van der Waals surface area (Å²) in [6.07, 6.45) is 20.3. The molecule has 0 fully saturated rings. The third-order valence-corrected chi connectivity index (χ3v) is 8.25. The van der Waals surface area contributed by atoms with Crippen LogP contribution in [0.25, 0.3) is 0 Å². The SMILES string of the molecule is CCCCCCCCCCCCCCCC(=O)OCC(CC)C(C(=O)O)C(C)C(=O)Nc1ccc(CCCC)cc1. The highest BCUT2D eigenvalue weighted by Crippen LogP contribution is 2.27. The second-order valence-corrected chi connectivity index (χ2v) is 11.8. The highest BCUT2D eigenvalue weighted by Gasteiger charge is 2.36. The standard InChI is InChI=1S/C35H59NO5/c1-5-8-10-11-12-13-14-15-16-17-18-19-20-22-32(37)41-27-30(7-3)33(35(39)40)28(4)34(38)36-31-25-23-29(24-26-31)21-9-6-2/h23-26,28,30,33H,5-22,27H2,1-4H3,(H,36,38)(H,39,40). The van der Waals surface area contributed by atoms with Crippen molar-refractivity contribution >= 4 is 23.5 Å². The molecule has 0 aliphatic heterocycles. The molecule has 234 valence electrons. The van der Waals surface area contributed by atoms with E-state index >= 15 is 0 Å². The van der Waals surface area contributed by atoms with Crippen molar-refractivity contribution in [3.05, 3.63) is 29.8 Å². The third-order valence-electron chi connectivity index (χ3n) is 8.25. The number of benzene rings is 1. The molecular weight excluding hydrogens is 514 g/mol. The number of carboxylic acid groups (broad SMARTS) is 1. The van der Waals surface area contributed by atoms with Crippen LogP contribution in [0.3, 0.4) is 0 Å². The van der Waals surface area contributed by atoms with Gasteiger partial charge in [-0.05, 0) is 43.4 Å². The van der Waals surface area contributed by atoms with Gasteiger partial charge in [-0.1, -0.05) is 123 Å². The van der Waals surface area contributed by atoms with Gasteiger partial charge in [-0.25, -0.2) is 0 Å². The van der Waals surface area contributed by atoms with Crippen LogP contribution in [0.5, 0.6) is 0 Å². The van der Waals surface area contributed by atoms with Crippen LogP contribution in [-0.4, -0.2) is 29.6 Å². The van der Waals surface area contributed by atoms with Crippen molar-refractivity contribution in [3.63, 3.8) is 0 Å². The van der Waals surface area contributed by atoms with E-state index in [1.54, 1.807) is 6.92 Å². The molecule has 0 aliphatic rings. The molecule has 0 saturated heterocycles. The van der Waals surface area contributed by atoms with Crippen LogP contribution in [-0.2, 0) is 25.5 Å². The molecule has 3 atom stereocenters. The van der Waals surface area contributed by atoms with Gasteiger partial charge in [0.05, 0.1) is 12.5 Å². The molecule has 0 heterocycles. The Morgan fingerprint density at radius 3 is 1.76 bits per heavy atom. The van der Waals surface area contributed by atoms with E-state index in [1.165, 1.54) is 69.8 Å². The molecule has 1 amide bonds. The number of aryl methyl sites for hydroxylation is 1. The van der Waals surface area contributed by atoms with E-state index in [9.17, 15) is 19.5 Å². The highest BCUT2D eigenvalue weighted by atomic mass is 16.5. The van der Waals surface area contributed by atoms with Crippen LogP contribution in [0.4, 0.5) is 5.69 Å². The minimum absolute atomic E-state index is 0.0223. The molecule has 1 rings (SSSR count). The number of hydrogen-bond donors (Lipinski definition) is 2. The maximum absolute atomic E-state index is 12.9. The van der Waals surface area contributed by atoms with E-state index in [-0.39, 0.29) is 18.5 Å². The number of unbranched alkanes of at least 4 members (excludes halogenated alkanes) is 13. The predicted molar refractivity (Wildman–Crippen MR) is 169 cm³/mol. The molecule has 1 aromatic carbocycles. The summed E-state index contributed by atoms with van der Waals surface area (Å²) in [6.45, 7) is 7.94. The van der Waals surface area contributed by atoms with Crippen molar-refractivity contribution in [3.8, 4) is 0 Å². The van der Waals surface area contributed by atoms with Gasteiger partial charge in [0.15, 0.2) is 0 Å². The second-order valence-electron chi connectivity index (χ2n) is 11.8. The maximum atomic E-state index is 12.9. The summed E-state index contributed by atoms with van der Waals surface area (Å²) >= 11 is 0. The largest absolute Gasteiger partial charge is 0.481 e. The molecule has 0 bridgehead atoms. The van der Waals surface area contributed by atoms with Gasteiger partial charge < -0.3 is 15.2 Å². The molecule has 0 saturated carbocycles. The van der Waals surface area contributed by atoms with E-state index in [0.717, 1.165) is 38.5 Å². The van der Waals surface area contributed by atoms with Crippen molar-refractivity contribution in [1.29, 1.82) is 0 Å². The summed E-state index contributed by atoms with van der Waals surface area (Å²) in [5.41, 5.74) is 1.87. The number of carboxylic acids is 1. The smallest absolute Gasteiger partial charge is 0.307 e. The molecule has 6 heteroatoms. The first-order valence-electron chi connectivity index (χ1n) is 16.6. The average molecular weight is 574 g/mol. The van der Waals surface area contributed by atoms with E-state index in [1.807, 2.05) is 31.2 Å². The lowest BCUT2D eigenvalue weighted by Crippen LogP contribution is -2.38. The van der Waals surface area contributed by atoms with Gasteiger partial charge >= 0.3 is 11.9 Å². The molecule has 0 radical (unpaired) electrons. The van der Waals surface area contributed by atoms with E-state index in [4.69, 9.17) is 4.74 Å². The lowest BCUT2D eigenvalue weighted by molar-refractivity contribution is -0.154. The van der Waals surface area contributed by atoms with Gasteiger partial charge in [0.1, 0.15) is 0 Å². The Kier molecular flexibility index (Phi) is 20.8. The molecule has 1 aromatic rings. The Morgan fingerprint density at radius 1 is 0.756 bits per heavy atom. The van der Waals surface area contributed by atoms with Crippen LogP contribution in [0, 0.1) is 17.8 Å². The van der Waals surface area contributed by atoms with Crippen molar-refractivity contribution in [1.82, 2.24) is 0 Å². The van der Waals surface area contributed by atoms with Crippen LogP contribution in [0.15, 0.2) is 24.3 Å². The number of amides is 1. The number of anilines is 1. The van der Waals surface area contributed by atoms with Crippen molar-refractivity contribution in [2.24, 2.45) is 17.8 Å². The Balaban J connectivity index is 2.34. The summed E-state index contributed by atoms with van der Waals surface area (Å²) in [6, 6.07) is 7.72. The first kappa shape index (κ1) is 36.7. The molecule has 0 aromatic heterocycles. The summed E-state index contributed by atoms with van der Waals surface area (Å²) in [5.74, 6) is -3.79. The number of hydrogen-bond acceptors (Lipinski definition) is 4. The topological polar surface area (TPSA) is 92.7 Å².